The van der Waals surface area contributed by atoms with E-state index in [-0.39, 0.29) is 16.8 Å². The van der Waals surface area contributed by atoms with E-state index >= 15 is 0 Å². The summed E-state index contributed by atoms with van der Waals surface area (Å²) in [6.45, 7) is 1.17. The molecule has 1 amide bonds. The van der Waals surface area contributed by atoms with Gasteiger partial charge in [0.15, 0.2) is 11.2 Å². The van der Waals surface area contributed by atoms with Crippen molar-refractivity contribution in [3.63, 3.8) is 0 Å². The number of benzene rings is 1. The number of methoxy groups -OCH3 is 2. The molecule has 1 N–H and O–H groups in total. The van der Waals surface area contributed by atoms with Crippen LogP contribution in [-0.2, 0) is 19.1 Å². The number of carbonyl (C=O) groups excluding carboxylic acids is 4. The van der Waals surface area contributed by atoms with Crippen LogP contribution in [-0.4, -0.2) is 43.2 Å². The number of ether oxygens (including phenoxy) is 2. The molecule has 0 aromatic heterocycles. The molecule has 1 unspecified atom stereocenters. The van der Waals surface area contributed by atoms with Gasteiger partial charge in [0.25, 0.3) is 0 Å². The average Bonchev–Trinajstić information content (AvgIpc) is 2.51. The van der Waals surface area contributed by atoms with Gasteiger partial charge < -0.3 is 14.8 Å². The number of rotatable bonds is 5. The zero-order valence-electron chi connectivity index (χ0n) is 12.1. The highest BCUT2D eigenvalue weighted by atomic mass is 35.5. The predicted octanol–water partition coefficient (Wildman–Crippen LogP) is 1.39. The number of hydrogen-bond donors (Lipinski definition) is 1. The molecule has 1 aromatic carbocycles. The normalized spacial score (nSPS) is 11.3. The van der Waals surface area contributed by atoms with Crippen LogP contribution in [0, 0.1) is 0 Å². The number of anilines is 1. The third-order valence-corrected chi connectivity index (χ3v) is 3.14. The van der Waals surface area contributed by atoms with Crippen LogP contribution >= 0.6 is 11.6 Å². The fourth-order valence-electron chi connectivity index (χ4n) is 1.56. The quantitative estimate of drug-likeness (QED) is 0.498. The van der Waals surface area contributed by atoms with Gasteiger partial charge in [-0.1, -0.05) is 0 Å². The summed E-state index contributed by atoms with van der Waals surface area (Å²) in [7, 11) is 2.35. The SMILES string of the molecule is COC(=O)c1cc(NC(=O)C(Cl)C(C)=O)cc(C(=O)OC)c1. The second-order valence-corrected chi connectivity index (χ2v) is 4.68. The Bertz CT molecular complexity index is 594. The van der Waals surface area contributed by atoms with E-state index in [0.717, 1.165) is 0 Å². The minimum absolute atomic E-state index is 0.0367. The molecule has 1 atom stereocenters. The topological polar surface area (TPSA) is 98.8 Å². The maximum absolute atomic E-state index is 11.8. The van der Waals surface area contributed by atoms with Crippen molar-refractivity contribution >= 4 is 40.9 Å². The van der Waals surface area contributed by atoms with E-state index in [1.165, 1.54) is 39.3 Å². The second-order valence-electron chi connectivity index (χ2n) is 4.24. The summed E-state index contributed by atoms with van der Waals surface area (Å²) < 4.78 is 9.13. The van der Waals surface area contributed by atoms with Crippen molar-refractivity contribution in [1.82, 2.24) is 0 Å². The minimum atomic E-state index is -1.37. The Kier molecular flexibility index (Phi) is 6.06. The first kappa shape index (κ1) is 17.6. The molecule has 0 radical (unpaired) electrons. The number of amides is 1. The Hall–Kier alpha value is -2.41. The van der Waals surface area contributed by atoms with Crippen LogP contribution in [0.25, 0.3) is 0 Å². The minimum Gasteiger partial charge on any atom is -0.465 e. The molecular weight excluding hydrogens is 314 g/mol. The van der Waals surface area contributed by atoms with Gasteiger partial charge in [0.1, 0.15) is 0 Å². The Balaban J connectivity index is 3.18. The van der Waals surface area contributed by atoms with Gasteiger partial charge in [-0.25, -0.2) is 9.59 Å². The Morgan fingerprint density at radius 3 is 1.82 bits per heavy atom. The van der Waals surface area contributed by atoms with E-state index in [1.54, 1.807) is 0 Å². The average molecular weight is 328 g/mol. The van der Waals surface area contributed by atoms with Gasteiger partial charge in [-0.2, -0.15) is 0 Å². The molecule has 1 rings (SSSR count). The van der Waals surface area contributed by atoms with Crippen LogP contribution in [0.2, 0.25) is 0 Å². The lowest BCUT2D eigenvalue weighted by molar-refractivity contribution is -0.123. The van der Waals surface area contributed by atoms with Crippen LogP contribution in [0.15, 0.2) is 18.2 Å². The predicted molar refractivity (Wildman–Crippen MR) is 78.1 cm³/mol. The zero-order chi connectivity index (χ0) is 16.9. The highest BCUT2D eigenvalue weighted by molar-refractivity contribution is 6.43. The van der Waals surface area contributed by atoms with Crippen molar-refractivity contribution in [1.29, 1.82) is 0 Å². The van der Waals surface area contributed by atoms with Gasteiger partial charge in [0.2, 0.25) is 5.91 Å². The maximum Gasteiger partial charge on any atom is 0.337 e. The van der Waals surface area contributed by atoms with Crippen LogP contribution < -0.4 is 5.32 Å². The number of alkyl halides is 1. The van der Waals surface area contributed by atoms with E-state index in [9.17, 15) is 19.2 Å². The van der Waals surface area contributed by atoms with E-state index in [4.69, 9.17) is 11.6 Å². The summed E-state index contributed by atoms with van der Waals surface area (Å²) in [6.07, 6.45) is 0. The Labute approximate surface area is 131 Å². The molecule has 0 aliphatic carbocycles. The van der Waals surface area contributed by atoms with Crippen molar-refractivity contribution in [3.8, 4) is 0 Å². The maximum atomic E-state index is 11.8. The first-order valence-electron chi connectivity index (χ1n) is 6.07. The largest absolute Gasteiger partial charge is 0.465 e. The number of Topliss-reactive ketones (excluding diaryl/α,β-unsaturated/α-hetero) is 1. The molecular formula is C14H14ClNO6. The van der Waals surface area contributed by atoms with Crippen molar-refractivity contribution in [2.75, 3.05) is 19.5 Å². The number of nitrogens with one attached hydrogen (secondary N) is 1. The standard InChI is InChI=1S/C14H14ClNO6/c1-7(17)11(15)12(18)16-10-5-8(13(19)21-2)4-9(6-10)14(20)22-3/h4-6,11H,1-3H3,(H,16,18). The van der Waals surface area contributed by atoms with Gasteiger partial charge in [-0.05, 0) is 25.1 Å². The number of hydrogen-bond acceptors (Lipinski definition) is 6. The van der Waals surface area contributed by atoms with Gasteiger partial charge in [0.05, 0.1) is 25.3 Å². The van der Waals surface area contributed by atoms with Crippen LogP contribution in [0.4, 0.5) is 5.69 Å². The molecule has 0 saturated heterocycles. The van der Waals surface area contributed by atoms with E-state index < -0.39 is 29.0 Å². The van der Waals surface area contributed by atoms with Crippen LogP contribution in [0.5, 0.6) is 0 Å². The summed E-state index contributed by atoms with van der Waals surface area (Å²) in [5, 5.41) is 0.983. The molecule has 0 bridgehead atoms. The van der Waals surface area contributed by atoms with E-state index in [1.807, 2.05) is 0 Å². The lowest BCUT2D eigenvalue weighted by atomic mass is 10.1. The van der Waals surface area contributed by atoms with Crippen molar-refractivity contribution in [3.05, 3.63) is 29.3 Å². The third-order valence-electron chi connectivity index (χ3n) is 2.63. The number of halogens is 1. The first-order valence-corrected chi connectivity index (χ1v) is 6.51. The van der Waals surface area contributed by atoms with Gasteiger partial charge in [-0.3, -0.25) is 9.59 Å². The molecule has 0 heterocycles. The van der Waals surface area contributed by atoms with Crippen molar-refractivity contribution < 1.29 is 28.7 Å². The first-order chi connectivity index (χ1) is 10.3. The molecule has 8 heteroatoms. The molecule has 7 nitrogen and oxygen atoms in total. The molecule has 0 fully saturated rings. The monoisotopic (exact) mass is 327 g/mol. The number of ketones is 1. The van der Waals surface area contributed by atoms with Gasteiger partial charge in [-0.15, -0.1) is 11.6 Å². The molecule has 0 aliphatic rings. The lowest BCUT2D eigenvalue weighted by Gasteiger charge is -2.11. The fourth-order valence-corrected chi connectivity index (χ4v) is 1.62. The highest BCUT2D eigenvalue weighted by Gasteiger charge is 2.21. The van der Waals surface area contributed by atoms with Crippen LogP contribution in [0.1, 0.15) is 27.6 Å². The molecule has 118 valence electrons. The molecule has 0 aliphatic heterocycles. The molecule has 0 saturated carbocycles. The van der Waals surface area contributed by atoms with Crippen molar-refractivity contribution in [2.45, 2.75) is 12.3 Å². The fraction of sp³-hybridized carbons (Fsp3) is 0.286. The van der Waals surface area contributed by atoms with Gasteiger partial charge >= 0.3 is 11.9 Å². The van der Waals surface area contributed by atoms with Crippen LogP contribution in [0.3, 0.4) is 0 Å². The van der Waals surface area contributed by atoms with Gasteiger partial charge in [0, 0.05) is 5.69 Å². The van der Waals surface area contributed by atoms with E-state index in [0.29, 0.717) is 0 Å². The zero-order valence-corrected chi connectivity index (χ0v) is 12.9. The highest BCUT2D eigenvalue weighted by Crippen LogP contribution is 2.18. The summed E-state index contributed by atoms with van der Waals surface area (Å²) in [5.74, 6) is -2.70. The summed E-state index contributed by atoms with van der Waals surface area (Å²) >= 11 is 5.63. The Morgan fingerprint density at radius 1 is 1.00 bits per heavy atom. The molecule has 1 aromatic rings. The second kappa shape index (κ2) is 7.56. The van der Waals surface area contributed by atoms with Crippen molar-refractivity contribution in [2.24, 2.45) is 0 Å². The molecule has 22 heavy (non-hydrogen) atoms. The summed E-state index contributed by atoms with van der Waals surface area (Å²) in [4.78, 5) is 46.0. The summed E-state index contributed by atoms with van der Waals surface area (Å²) in [5.41, 5.74) is 0.185. The number of esters is 2. The third kappa shape index (κ3) is 4.29. The lowest BCUT2D eigenvalue weighted by Crippen LogP contribution is -2.29. The smallest absolute Gasteiger partial charge is 0.337 e. The summed E-state index contributed by atoms with van der Waals surface area (Å²) in [6, 6.07) is 3.84. The Morgan fingerprint density at radius 2 is 1.45 bits per heavy atom. The number of carbonyl (C=O) groups is 4. The van der Waals surface area contributed by atoms with E-state index in [2.05, 4.69) is 14.8 Å². The molecule has 0 spiro atoms.